The van der Waals surface area contributed by atoms with Crippen LogP contribution in [0.4, 0.5) is 4.39 Å². The van der Waals surface area contributed by atoms with Crippen molar-refractivity contribution in [3.8, 4) is 0 Å². The predicted molar refractivity (Wildman–Crippen MR) is 77.1 cm³/mol. The molecular formula is C16H21FN2O. The molecule has 0 radical (unpaired) electrons. The number of hydrogen-bond acceptors (Lipinski definition) is 2. The quantitative estimate of drug-likeness (QED) is 0.910. The van der Waals surface area contributed by atoms with E-state index in [1.54, 1.807) is 6.07 Å². The molecule has 2 aromatic rings. The van der Waals surface area contributed by atoms with E-state index in [1.165, 1.54) is 12.1 Å². The minimum atomic E-state index is -0.637. The Labute approximate surface area is 119 Å². The average molecular weight is 276 g/mol. The minimum absolute atomic E-state index is 0.273. The SMILES string of the molecule is CCc1cc(CC(O)c2ccc(F)cc2C)n(CC)n1. The molecule has 0 aliphatic carbocycles. The van der Waals surface area contributed by atoms with Crippen molar-refractivity contribution in [2.24, 2.45) is 0 Å². The summed E-state index contributed by atoms with van der Waals surface area (Å²) in [5, 5.41) is 14.9. The van der Waals surface area contributed by atoms with Gasteiger partial charge in [-0.05, 0) is 49.6 Å². The van der Waals surface area contributed by atoms with Gasteiger partial charge in [-0.3, -0.25) is 4.68 Å². The van der Waals surface area contributed by atoms with Crippen molar-refractivity contribution in [3.05, 3.63) is 52.6 Å². The Kier molecular flexibility index (Phi) is 4.55. The molecule has 1 atom stereocenters. The molecule has 4 heteroatoms. The summed E-state index contributed by atoms with van der Waals surface area (Å²) in [6, 6.07) is 6.53. The lowest BCUT2D eigenvalue weighted by atomic mass is 9.99. The fourth-order valence-electron chi connectivity index (χ4n) is 2.45. The van der Waals surface area contributed by atoms with Gasteiger partial charge in [0.25, 0.3) is 0 Å². The van der Waals surface area contributed by atoms with Gasteiger partial charge in [-0.15, -0.1) is 0 Å². The van der Waals surface area contributed by atoms with Crippen LogP contribution >= 0.6 is 0 Å². The number of aliphatic hydroxyl groups excluding tert-OH is 1. The van der Waals surface area contributed by atoms with Crippen molar-refractivity contribution in [1.82, 2.24) is 9.78 Å². The average Bonchev–Trinajstić information content (AvgIpc) is 2.80. The van der Waals surface area contributed by atoms with Crippen LogP contribution < -0.4 is 0 Å². The molecule has 1 heterocycles. The molecule has 0 aliphatic heterocycles. The Morgan fingerprint density at radius 2 is 2.05 bits per heavy atom. The summed E-state index contributed by atoms with van der Waals surface area (Å²) >= 11 is 0. The third-order valence-corrected chi connectivity index (χ3v) is 3.57. The number of rotatable bonds is 5. The van der Waals surface area contributed by atoms with Gasteiger partial charge in [-0.25, -0.2) is 4.39 Å². The highest BCUT2D eigenvalue weighted by atomic mass is 19.1. The number of nitrogens with zero attached hydrogens (tertiary/aromatic N) is 2. The number of hydrogen-bond donors (Lipinski definition) is 1. The lowest BCUT2D eigenvalue weighted by Gasteiger charge is -2.14. The smallest absolute Gasteiger partial charge is 0.123 e. The second-order valence-electron chi connectivity index (χ2n) is 5.02. The first kappa shape index (κ1) is 14.7. The molecular weight excluding hydrogens is 255 g/mol. The number of aliphatic hydroxyl groups is 1. The lowest BCUT2D eigenvalue weighted by molar-refractivity contribution is 0.174. The first-order valence-corrected chi connectivity index (χ1v) is 7.04. The van der Waals surface area contributed by atoms with E-state index >= 15 is 0 Å². The van der Waals surface area contributed by atoms with Crippen LogP contribution in [-0.4, -0.2) is 14.9 Å². The maximum atomic E-state index is 13.1. The Bertz CT molecular complexity index is 592. The second-order valence-corrected chi connectivity index (χ2v) is 5.02. The number of benzene rings is 1. The fraction of sp³-hybridized carbons (Fsp3) is 0.438. The topological polar surface area (TPSA) is 38.0 Å². The molecule has 0 bridgehead atoms. The standard InChI is InChI=1S/C16H21FN2O/c1-4-13-9-14(19(5-2)18-13)10-16(20)15-7-6-12(17)8-11(15)3/h6-9,16,20H,4-5,10H2,1-3H3. The minimum Gasteiger partial charge on any atom is -0.388 e. The predicted octanol–water partition coefficient (Wildman–Crippen LogP) is 3.19. The summed E-state index contributed by atoms with van der Waals surface area (Å²) in [7, 11) is 0. The molecule has 0 saturated heterocycles. The zero-order chi connectivity index (χ0) is 14.7. The van der Waals surface area contributed by atoms with Crippen LogP contribution in [0.3, 0.4) is 0 Å². The molecule has 2 rings (SSSR count). The van der Waals surface area contributed by atoms with Gasteiger partial charge in [0.05, 0.1) is 11.8 Å². The molecule has 0 fully saturated rings. The van der Waals surface area contributed by atoms with Gasteiger partial charge in [-0.2, -0.15) is 5.10 Å². The van der Waals surface area contributed by atoms with E-state index in [1.807, 2.05) is 24.6 Å². The zero-order valence-electron chi connectivity index (χ0n) is 12.2. The highest BCUT2D eigenvalue weighted by molar-refractivity contribution is 5.29. The van der Waals surface area contributed by atoms with Crippen molar-refractivity contribution < 1.29 is 9.50 Å². The maximum Gasteiger partial charge on any atom is 0.123 e. The highest BCUT2D eigenvalue weighted by Crippen LogP contribution is 2.23. The Morgan fingerprint density at radius 1 is 1.30 bits per heavy atom. The molecule has 3 nitrogen and oxygen atoms in total. The van der Waals surface area contributed by atoms with Gasteiger partial charge in [-0.1, -0.05) is 13.0 Å². The molecule has 20 heavy (non-hydrogen) atoms. The van der Waals surface area contributed by atoms with Crippen molar-refractivity contribution in [2.75, 3.05) is 0 Å². The van der Waals surface area contributed by atoms with Crippen LogP contribution in [0.25, 0.3) is 0 Å². The van der Waals surface area contributed by atoms with E-state index in [0.717, 1.165) is 35.5 Å². The summed E-state index contributed by atoms with van der Waals surface area (Å²) in [4.78, 5) is 0. The second kappa shape index (κ2) is 6.18. The normalized spacial score (nSPS) is 12.7. The summed E-state index contributed by atoms with van der Waals surface area (Å²) in [6.45, 7) is 6.69. The van der Waals surface area contributed by atoms with Crippen molar-refractivity contribution in [2.45, 2.75) is 46.3 Å². The van der Waals surface area contributed by atoms with Gasteiger partial charge in [0.1, 0.15) is 5.82 Å². The number of aryl methyl sites for hydroxylation is 3. The molecule has 0 amide bonds. The number of halogens is 1. The first-order valence-electron chi connectivity index (χ1n) is 7.04. The maximum absolute atomic E-state index is 13.1. The first-order chi connectivity index (χ1) is 9.55. The van der Waals surface area contributed by atoms with Crippen LogP contribution in [0.15, 0.2) is 24.3 Å². The van der Waals surface area contributed by atoms with E-state index in [0.29, 0.717) is 6.42 Å². The molecule has 0 aliphatic rings. The zero-order valence-corrected chi connectivity index (χ0v) is 12.2. The molecule has 108 valence electrons. The van der Waals surface area contributed by atoms with Crippen molar-refractivity contribution in [1.29, 1.82) is 0 Å². The molecule has 0 spiro atoms. The highest BCUT2D eigenvalue weighted by Gasteiger charge is 2.15. The summed E-state index contributed by atoms with van der Waals surface area (Å²) in [6.07, 6.45) is 0.737. The monoisotopic (exact) mass is 276 g/mol. The Balaban J connectivity index is 2.22. The van der Waals surface area contributed by atoms with Crippen LogP contribution in [0.1, 0.15) is 42.5 Å². The van der Waals surface area contributed by atoms with Crippen LogP contribution in [0.5, 0.6) is 0 Å². The van der Waals surface area contributed by atoms with Gasteiger partial charge >= 0.3 is 0 Å². The van der Waals surface area contributed by atoms with Crippen LogP contribution in [-0.2, 0) is 19.4 Å². The molecule has 1 aromatic carbocycles. The summed E-state index contributed by atoms with van der Waals surface area (Å²) in [5.41, 5.74) is 3.59. The van der Waals surface area contributed by atoms with Crippen molar-refractivity contribution in [3.63, 3.8) is 0 Å². The van der Waals surface area contributed by atoms with Crippen LogP contribution in [0, 0.1) is 12.7 Å². The lowest BCUT2D eigenvalue weighted by Crippen LogP contribution is -2.09. The van der Waals surface area contributed by atoms with Crippen molar-refractivity contribution >= 4 is 0 Å². The van der Waals surface area contributed by atoms with E-state index in [9.17, 15) is 9.50 Å². The molecule has 1 N–H and O–H groups in total. The third-order valence-electron chi connectivity index (χ3n) is 3.57. The van der Waals surface area contributed by atoms with E-state index < -0.39 is 6.10 Å². The third kappa shape index (κ3) is 3.07. The molecule has 0 saturated carbocycles. The Hall–Kier alpha value is -1.68. The van der Waals surface area contributed by atoms with E-state index in [2.05, 4.69) is 12.0 Å². The summed E-state index contributed by atoms with van der Waals surface area (Å²) in [5.74, 6) is -0.273. The summed E-state index contributed by atoms with van der Waals surface area (Å²) < 4.78 is 15.0. The van der Waals surface area contributed by atoms with Crippen LogP contribution in [0.2, 0.25) is 0 Å². The molecule has 1 aromatic heterocycles. The van der Waals surface area contributed by atoms with Gasteiger partial charge in [0, 0.05) is 18.7 Å². The van der Waals surface area contributed by atoms with E-state index in [-0.39, 0.29) is 5.82 Å². The molecule has 1 unspecified atom stereocenters. The number of aromatic nitrogens is 2. The Morgan fingerprint density at radius 3 is 2.65 bits per heavy atom. The van der Waals surface area contributed by atoms with Gasteiger partial charge in [0.2, 0.25) is 0 Å². The van der Waals surface area contributed by atoms with E-state index in [4.69, 9.17) is 0 Å². The fourth-order valence-corrected chi connectivity index (χ4v) is 2.45. The largest absolute Gasteiger partial charge is 0.388 e. The van der Waals surface area contributed by atoms with Gasteiger partial charge < -0.3 is 5.11 Å². The van der Waals surface area contributed by atoms with Gasteiger partial charge in [0.15, 0.2) is 0 Å².